The lowest BCUT2D eigenvalue weighted by Gasteiger charge is -2.45. The average molecular weight is 439 g/mol. The van der Waals surface area contributed by atoms with Gasteiger partial charge in [-0.05, 0) is 35.6 Å². The van der Waals surface area contributed by atoms with Crippen molar-refractivity contribution in [3.05, 3.63) is 107 Å². The van der Waals surface area contributed by atoms with Crippen molar-refractivity contribution in [3.63, 3.8) is 0 Å². The van der Waals surface area contributed by atoms with E-state index in [1.807, 2.05) is 0 Å². The minimum atomic E-state index is -0.130. The van der Waals surface area contributed by atoms with E-state index in [9.17, 15) is 0 Å². The predicted molar refractivity (Wildman–Crippen MR) is 113 cm³/mol. The largest absolute Gasteiger partial charge is 0.277 e. The Balaban J connectivity index is 1.84. The Morgan fingerprint density at radius 2 is 1.60 bits per heavy atom. The zero-order valence-corrected chi connectivity index (χ0v) is 16.6. The molecule has 126 valence electrons. The summed E-state index contributed by atoms with van der Waals surface area (Å²) >= 11 is 2.68. The molecule has 1 aliphatic heterocycles. The fourth-order valence-electron chi connectivity index (χ4n) is 3.79. The third-order valence-corrected chi connectivity index (χ3v) is 6.97. The van der Waals surface area contributed by atoms with Crippen molar-refractivity contribution in [1.82, 2.24) is 4.90 Å². The Labute approximate surface area is 163 Å². The number of halogens is 1. The molecule has 0 bridgehead atoms. The number of fused-ring (bicyclic) bond motifs is 1. The molecule has 0 saturated carbocycles. The molecule has 1 atom stereocenters. The molecule has 25 heavy (non-hydrogen) atoms. The van der Waals surface area contributed by atoms with Crippen molar-refractivity contribution >= 4 is 22.6 Å². The molecule has 3 aromatic rings. The van der Waals surface area contributed by atoms with Gasteiger partial charge in [0.05, 0.1) is 0 Å². The van der Waals surface area contributed by atoms with Gasteiger partial charge >= 0.3 is 0 Å². The summed E-state index contributed by atoms with van der Waals surface area (Å²) in [7, 11) is 0. The van der Waals surface area contributed by atoms with E-state index in [0.717, 1.165) is 19.5 Å². The highest BCUT2D eigenvalue weighted by molar-refractivity contribution is 14.1. The second-order valence-corrected chi connectivity index (χ2v) is 8.37. The lowest BCUT2D eigenvalue weighted by atomic mass is 9.86. The standard InChI is InChI=1S/C23H22IN/c1-18-12-13-20-14-15-25(17-19-8-4-2-5-9-19)23(24,22(20)16-18)21-10-6-3-7-11-21/h2-13,16H,14-15,17H2,1H3. The van der Waals surface area contributed by atoms with Crippen LogP contribution < -0.4 is 0 Å². The van der Waals surface area contributed by atoms with Gasteiger partial charge in [-0.15, -0.1) is 0 Å². The van der Waals surface area contributed by atoms with Crippen molar-refractivity contribution in [2.45, 2.75) is 23.4 Å². The van der Waals surface area contributed by atoms with Crippen LogP contribution in [0.4, 0.5) is 0 Å². The third-order valence-electron chi connectivity index (χ3n) is 5.08. The number of hydrogen-bond acceptors (Lipinski definition) is 1. The van der Waals surface area contributed by atoms with Crippen LogP contribution in [-0.2, 0) is 16.5 Å². The van der Waals surface area contributed by atoms with Crippen LogP contribution in [0.2, 0.25) is 0 Å². The zero-order valence-electron chi connectivity index (χ0n) is 14.5. The van der Waals surface area contributed by atoms with E-state index in [1.165, 1.54) is 27.8 Å². The Morgan fingerprint density at radius 1 is 0.920 bits per heavy atom. The van der Waals surface area contributed by atoms with Crippen molar-refractivity contribution in [2.75, 3.05) is 6.54 Å². The molecule has 4 rings (SSSR count). The van der Waals surface area contributed by atoms with Gasteiger partial charge in [0.2, 0.25) is 0 Å². The first kappa shape index (κ1) is 16.8. The summed E-state index contributed by atoms with van der Waals surface area (Å²) in [5.74, 6) is 0. The van der Waals surface area contributed by atoms with Crippen molar-refractivity contribution in [3.8, 4) is 0 Å². The molecular formula is C23H22IN. The highest BCUT2D eigenvalue weighted by Crippen LogP contribution is 2.47. The zero-order chi connectivity index (χ0) is 17.3. The van der Waals surface area contributed by atoms with Crippen LogP contribution in [0.1, 0.15) is 27.8 Å². The normalized spacial score (nSPS) is 20.2. The van der Waals surface area contributed by atoms with Crippen molar-refractivity contribution in [1.29, 1.82) is 0 Å². The molecule has 3 aromatic carbocycles. The maximum absolute atomic E-state index is 2.68. The summed E-state index contributed by atoms with van der Waals surface area (Å²) < 4.78 is -0.130. The molecule has 0 fully saturated rings. The summed E-state index contributed by atoms with van der Waals surface area (Å²) in [4.78, 5) is 2.62. The summed E-state index contributed by atoms with van der Waals surface area (Å²) in [6.07, 6.45) is 1.11. The molecular weight excluding hydrogens is 417 g/mol. The smallest absolute Gasteiger partial charge is 0.125 e. The fourth-order valence-corrected chi connectivity index (χ4v) is 5.06. The van der Waals surface area contributed by atoms with Gasteiger partial charge < -0.3 is 0 Å². The average Bonchev–Trinajstić information content (AvgIpc) is 2.66. The molecule has 0 saturated heterocycles. The number of alkyl halides is 1. The first-order valence-corrected chi connectivity index (χ1v) is 9.89. The SMILES string of the molecule is Cc1ccc2c(c1)C(I)(c1ccccc1)N(Cc1ccccc1)CC2. The van der Waals surface area contributed by atoms with E-state index in [-0.39, 0.29) is 3.55 Å². The lowest BCUT2D eigenvalue weighted by molar-refractivity contribution is 0.190. The van der Waals surface area contributed by atoms with Crippen LogP contribution in [0.25, 0.3) is 0 Å². The number of hydrogen-bond donors (Lipinski definition) is 0. The van der Waals surface area contributed by atoms with Gasteiger partial charge in [-0.3, -0.25) is 4.90 Å². The second-order valence-electron chi connectivity index (χ2n) is 6.81. The summed E-state index contributed by atoms with van der Waals surface area (Å²) in [5, 5.41) is 0. The van der Waals surface area contributed by atoms with Gasteiger partial charge in [0.1, 0.15) is 3.55 Å². The number of benzene rings is 3. The monoisotopic (exact) mass is 439 g/mol. The number of rotatable bonds is 3. The second kappa shape index (κ2) is 6.93. The quantitative estimate of drug-likeness (QED) is 0.288. The molecule has 0 spiro atoms. The summed E-state index contributed by atoms with van der Waals surface area (Å²) in [5.41, 5.74) is 6.99. The molecule has 1 heterocycles. The highest BCUT2D eigenvalue weighted by atomic mass is 127. The topological polar surface area (TPSA) is 3.24 Å². The fraction of sp³-hybridized carbons (Fsp3) is 0.217. The van der Waals surface area contributed by atoms with Gasteiger partial charge in [-0.2, -0.15) is 0 Å². The third kappa shape index (κ3) is 3.13. The van der Waals surface area contributed by atoms with E-state index in [1.54, 1.807) is 0 Å². The van der Waals surface area contributed by atoms with Gasteiger partial charge in [0.15, 0.2) is 0 Å². The summed E-state index contributed by atoms with van der Waals surface area (Å²) in [6, 6.07) is 28.7. The molecule has 1 unspecified atom stereocenters. The number of nitrogens with zero attached hydrogens (tertiary/aromatic N) is 1. The Bertz CT molecular complexity index is 860. The van der Waals surface area contributed by atoms with E-state index in [4.69, 9.17) is 0 Å². The van der Waals surface area contributed by atoms with Crippen molar-refractivity contribution in [2.24, 2.45) is 0 Å². The molecule has 0 amide bonds. The first-order valence-electron chi connectivity index (χ1n) is 8.81. The summed E-state index contributed by atoms with van der Waals surface area (Å²) in [6.45, 7) is 4.23. The lowest BCUT2D eigenvalue weighted by Crippen LogP contribution is -2.46. The van der Waals surface area contributed by atoms with Crippen LogP contribution in [0.5, 0.6) is 0 Å². The minimum absolute atomic E-state index is 0.130. The van der Waals surface area contributed by atoms with Crippen LogP contribution in [0, 0.1) is 6.92 Å². The Morgan fingerprint density at radius 3 is 2.32 bits per heavy atom. The molecule has 0 aromatic heterocycles. The van der Waals surface area contributed by atoms with Gasteiger partial charge in [-0.1, -0.05) is 107 Å². The van der Waals surface area contributed by atoms with Crippen LogP contribution >= 0.6 is 22.6 Å². The van der Waals surface area contributed by atoms with Crippen LogP contribution in [0.3, 0.4) is 0 Å². The Kier molecular flexibility index (Phi) is 4.65. The maximum Gasteiger partial charge on any atom is 0.125 e. The van der Waals surface area contributed by atoms with Gasteiger partial charge in [-0.25, -0.2) is 0 Å². The highest BCUT2D eigenvalue weighted by Gasteiger charge is 2.41. The van der Waals surface area contributed by atoms with E-state index in [0.29, 0.717) is 0 Å². The molecule has 1 aliphatic rings. The van der Waals surface area contributed by atoms with Crippen LogP contribution in [-0.4, -0.2) is 11.4 Å². The van der Waals surface area contributed by atoms with E-state index < -0.39 is 0 Å². The molecule has 2 heteroatoms. The maximum atomic E-state index is 2.68. The van der Waals surface area contributed by atoms with E-state index in [2.05, 4.69) is 113 Å². The van der Waals surface area contributed by atoms with Gasteiger partial charge in [0.25, 0.3) is 0 Å². The van der Waals surface area contributed by atoms with Crippen molar-refractivity contribution < 1.29 is 0 Å². The van der Waals surface area contributed by atoms with Gasteiger partial charge in [0, 0.05) is 13.1 Å². The molecule has 0 radical (unpaired) electrons. The van der Waals surface area contributed by atoms with Crippen LogP contribution in [0.15, 0.2) is 78.9 Å². The molecule has 1 nitrogen and oxygen atoms in total. The Hall–Kier alpha value is -1.65. The predicted octanol–water partition coefficient (Wildman–Crippen LogP) is 5.69. The number of aryl methyl sites for hydroxylation is 1. The minimum Gasteiger partial charge on any atom is -0.277 e. The molecule has 0 N–H and O–H groups in total. The van der Waals surface area contributed by atoms with E-state index >= 15 is 0 Å². The molecule has 0 aliphatic carbocycles. The first-order chi connectivity index (χ1) is 12.2.